The van der Waals surface area contributed by atoms with Crippen molar-refractivity contribution in [3.63, 3.8) is 0 Å². The van der Waals surface area contributed by atoms with Gasteiger partial charge in [0.25, 0.3) is 0 Å². The van der Waals surface area contributed by atoms with E-state index in [1.54, 1.807) is 13.8 Å². The van der Waals surface area contributed by atoms with Crippen LogP contribution < -0.4 is 4.74 Å². The first-order valence-electron chi connectivity index (χ1n) is 15.8. The molecule has 0 aliphatic heterocycles. The van der Waals surface area contributed by atoms with Gasteiger partial charge in [-0.3, -0.25) is 4.79 Å². The number of rotatable bonds is 27. The summed E-state index contributed by atoms with van der Waals surface area (Å²) in [4.78, 5) is 12.2. The van der Waals surface area contributed by atoms with Crippen molar-refractivity contribution in [3.05, 3.63) is 29.8 Å². The van der Waals surface area contributed by atoms with Crippen LogP contribution in [0.1, 0.15) is 140 Å². The Morgan fingerprint density at radius 2 is 1.02 bits per heavy atom. The number of esters is 1. The molecular weight excluding hydrogens is 604 g/mol. The monoisotopic (exact) mass is 660 g/mol. The van der Waals surface area contributed by atoms with Crippen LogP contribution in [-0.4, -0.2) is 45.2 Å². The van der Waals surface area contributed by atoms with E-state index in [9.17, 15) is 4.79 Å². The van der Waals surface area contributed by atoms with Gasteiger partial charge in [-0.2, -0.15) is 0 Å². The van der Waals surface area contributed by atoms with Gasteiger partial charge < -0.3 is 14.9 Å². The SMILES string of the molecule is CC(C)(Br)C(=O)Oc1ccc(C(SCCCCCCCCCCCO)SCCCCCCCCCCCO)cc1. The summed E-state index contributed by atoms with van der Waals surface area (Å²) in [5, 5.41) is 17.7. The van der Waals surface area contributed by atoms with Gasteiger partial charge >= 0.3 is 5.97 Å². The van der Waals surface area contributed by atoms with Crippen LogP contribution in [0, 0.1) is 0 Å². The van der Waals surface area contributed by atoms with Gasteiger partial charge in [0.1, 0.15) is 10.1 Å². The summed E-state index contributed by atoms with van der Waals surface area (Å²) >= 11 is 7.50. The third-order valence-corrected chi connectivity index (χ3v) is 10.3. The van der Waals surface area contributed by atoms with Gasteiger partial charge in [0.05, 0.1) is 4.58 Å². The van der Waals surface area contributed by atoms with E-state index in [-0.39, 0.29) is 5.97 Å². The molecule has 0 amide bonds. The lowest BCUT2D eigenvalue weighted by atomic mass is 10.1. The molecule has 1 aromatic carbocycles. The van der Waals surface area contributed by atoms with E-state index in [0.717, 1.165) is 25.7 Å². The first-order valence-corrected chi connectivity index (χ1v) is 18.7. The predicted molar refractivity (Wildman–Crippen MR) is 180 cm³/mol. The average Bonchev–Trinajstić information content (AvgIpc) is 2.93. The Morgan fingerprint density at radius 1 is 0.675 bits per heavy atom. The highest BCUT2D eigenvalue weighted by molar-refractivity contribution is 9.10. The fourth-order valence-electron chi connectivity index (χ4n) is 4.45. The molecule has 0 aliphatic rings. The van der Waals surface area contributed by atoms with Crippen molar-refractivity contribution < 1.29 is 19.7 Å². The molecular formula is C33H57BrO4S2. The standard InChI is InChI=1S/C33H57BrO4S2/c1-33(2,34)32(37)38-30-23-21-29(22-24-30)31(39-27-19-15-11-7-3-5-9-13-17-25-35)40-28-20-16-12-8-4-6-10-14-18-26-36/h21-24,31,35-36H,3-20,25-28H2,1-2H3. The maximum Gasteiger partial charge on any atom is 0.327 e. The van der Waals surface area contributed by atoms with Crippen LogP contribution >= 0.6 is 39.5 Å². The molecule has 40 heavy (non-hydrogen) atoms. The summed E-state index contributed by atoms with van der Waals surface area (Å²) in [6.07, 6.45) is 22.4. The van der Waals surface area contributed by atoms with Crippen LogP contribution in [0.3, 0.4) is 0 Å². The number of ether oxygens (including phenoxy) is 1. The zero-order valence-electron chi connectivity index (χ0n) is 25.3. The highest BCUT2D eigenvalue weighted by Crippen LogP contribution is 2.41. The molecule has 0 radical (unpaired) electrons. The summed E-state index contributed by atoms with van der Waals surface area (Å²) < 4.78 is 5.25. The van der Waals surface area contributed by atoms with E-state index in [1.165, 1.54) is 107 Å². The molecule has 0 spiro atoms. The molecule has 2 N–H and O–H groups in total. The summed E-state index contributed by atoms with van der Waals surface area (Å²) in [6, 6.07) is 8.12. The second-order valence-electron chi connectivity index (χ2n) is 11.3. The number of unbranched alkanes of at least 4 members (excludes halogenated alkanes) is 16. The summed E-state index contributed by atoms with van der Waals surface area (Å²) in [7, 11) is 0. The largest absolute Gasteiger partial charge is 0.426 e. The van der Waals surface area contributed by atoms with Gasteiger partial charge in [-0.25, -0.2) is 0 Å². The van der Waals surface area contributed by atoms with E-state index < -0.39 is 4.32 Å². The van der Waals surface area contributed by atoms with Crippen molar-refractivity contribution in [2.45, 2.75) is 138 Å². The summed E-state index contributed by atoms with van der Waals surface area (Å²) in [6.45, 7) is 4.26. The quantitative estimate of drug-likeness (QED) is 0.0322. The molecule has 232 valence electrons. The minimum atomic E-state index is -0.695. The molecule has 0 bridgehead atoms. The molecule has 0 atom stereocenters. The van der Waals surface area contributed by atoms with Crippen molar-refractivity contribution in [2.75, 3.05) is 24.7 Å². The van der Waals surface area contributed by atoms with Gasteiger partial charge in [0.2, 0.25) is 0 Å². The molecule has 0 unspecified atom stereocenters. The molecule has 0 aromatic heterocycles. The lowest BCUT2D eigenvalue weighted by Gasteiger charge is -2.18. The Labute approximate surface area is 262 Å². The van der Waals surface area contributed by atoms with Crippen molar-refractivity contribution >= 4 is 45.4 Å². The molecule has 0 aliphatic carbocycles. The van der Waals surface area contributed by atoms with E-state index in [2.05, 4.69) is 51.6 Å². The maximum atomic E-state index is 12.2. The number of alkyl halides is 1. The van der Waals surface area contributed by atoms with Crippen LogP contribution in [0.15, 0.2) is 24.3 Å². The first-order chi connectivity index (χ1) is 19.4. The third kappa shape index (κ3) is 20.6. The molecule has 7 heteroatoms. The zero-order chi connectivity index (χ0) is 29.3. The lowest BCUT2D eigenvalue weighted by molar-refractivity contribution is -0.136. The minimum Gasteiger partial charge on any atom is -0.426 e. The molecule has 1 aromatic rings. The minimum absolute atomic E-state index is 0.282. The normalized spacial score (nSPS) is 11.8. The first kappa shape index (κ1) is 37.8. The van der Waals surface area contributed by atoms with Crippen molar-refractivity contribution in [3.8, 4) is 5.75 Å². The van der Waals surface area contributed by atoms with Crippen LogP contribution in [0.25, 0.3) is 0 Å². The third-order valence-electron chi connectivity index (χ3n) is 6.99. The van der Waals surface area contributed by atoms with Gasteiger partial charge in [0.15, 0.2) is 0 Å². The number of hydrogen-bond donors (Lipinski definition) is 2. The van der Waals surface area contributed by atoms with Gasteiger partial charge in [-0.15, -0.1) is 23.5 Å². The van der Waals surface area contributed by atoms with Gasteiger partial charge in [-0.05, 0) is 68.7 Å². The van der Waals surface area contributed by atoms with Crippen LogP contribution in [0.4, 0.5) is 0 Å². The Kier molecular flexibility index (Phi) is 23.9. The Morgan fingerprint density at radius 3 is 1.38 bits per heavy atom. The number of benzene rings is 1. The number of carbonyl (C=O) groups is 1. The van der Waals surface area contributed by atoms with E-state index in [4.69, 9.17) is 14.9 Å². The molecule has 0 saturated heterocycles. The van der Waals surface area contributed by atoms with Crippen LogP contribution in [0.2, 0.25) is 0 Å². The van der Waals surface area contributed by atoms with Gasteiger partial charge in [0, 0.05) is 13.2 Å². The predicted octanol–water partition coefficient (Wildman–Crippen LogP) is 10.2. The van der Waals surface area contributed by atoms with E-state index >= 15 is 0 Å². The highest BCUT2D eigenvalue weighted by atomic mass is 79.9. The number of halogens is 1. The number of thioether (sulfide) groups is 2. The number of hydrogen-bond acceptors (Lipinski definition) is 6. The second kappa shape index (κ2) is 25.3. The number of carbonyl (C=O) groups excluding carboxylic acids is 1. The maximum absolute atomic E-state index is 12.2. The smallest absolute Gasteiger partial charge is 0.327 e. The summed E-state index contributed by atoms with van der Waals surface area (Å²) in [5.74, 6) is 2.68. The Balaban J connectivity index is 2.40. The molecule has 0 saturated carbocycles. The fraction of sp³-hybridized carbons (Fsp3) is 0.788. The Hall–Kier alpha value is -0.210. The van der Waals surface area contributed by atoms with E-state index in [1.807, 2.05) is 12.1 Å². The van der Waals surface area contributed by atoms with Gasteiger partial charge in [-0.1, -0.05) is 118 Å². The molecule has 0 heterocycles. The molecule has 0 fully saturated rings. The van der Waals surface area contributed by atoms with Crippen molar-refractivity contribution in [1.29, 1.82) is 0 Å². The van der Waals surface area contributed by atoms with E-state index in [0.29, 0.717) is 23.5 Å². The highest BCUT2D eigenvalue weighted by Gasteiger charge is 2.26. The fourth-order valence-corrected chi connectivity index (χ4v) is 7.36. The zero-order valence-corrected chi connectivity index (χ0v) is 28.6. The average molecular weight is 662 g/mol. The van der Waals surface area contributed by atoms with Crippen LogP contribution in [0.5, 0.6) is 5.75 Å². The topological polar surface area (TPSA) is 66.8 Å². The Bertz CT molecular complexity index is 698. The molecule has 4 nitrogen and oxygen atoms in total. The summed E-state index contributed by atoms with van der Waals surface area (Å²) in [5.41, 5.74) is 1.30. The van der Waals surface area contributed by atoms with Crippen molar-refractivity contribution in [2.24, 2.45) is 0 Å². The molecule has 1 rings (SSSR count). The second-order valence-corrected chi connectivity index (χ2v) is 16.0. The lowest BCUT2D eigenvalue weighted by Crippen LogP contribution is -2.29. The van der Waals surface area contributed by atoms with Crippen LogP contribution in [-0.2, 0) is 4.79 Å². The number of aliphatic hydroxyl groups excluding tert-OH is 2. The van der Waals surface area contributed by atoms with Crippen molar-refractivity contribution in [1.82, 2.24) is 0 Å². The number of aliphatic hydroxyl groups is 2.